The molecular formula is C21H20ClN3O4. The van der Waals surface area contributed by atoms with Crippen molar-refractivity contribution in [3.63, 3.8) is 0 Å². The number of nitrogens with one attached hydrogen (secondary N) is 1. The highest BCUT2D eigenvalue weighted by atomic mass is 35.5. The fraction of sp³-hybridized carbons (Fsp3) is 0.238. The summed E-state index contributed by atoms with van der Waals surface area (Å²) in [5.74, 6) is 1.96. The number of nitrogens with zero attached hydrogens (tertiary/aromatic N) is 2. The maximum absolute atomic E-state index is 12.6. The van der Waals surface area contributed by atoms with E-state index in [0.717, 1.165) is 16.9 Å². The first-order valence-electron chi connectivity index (χ1n) is 8.98. The van der Waals surface area contributed by atoms with Gasteiger partial charge < -0.3 is 19.5 Å². The second-order valence-electron chi connectivity index (χ2n) is 6.58. The smallest absolute Gasteiger partial charge is 0.226 e. The number of anilines is 1. The van der Waals surface area contributed by atoms with E-state index in [1.807, 2.05) is 22.8 Å². The van der Waals surface area contributed by atoms with Crippen LogP contribution in [-0.4, -0.2) is 36.8 Å². The van der Waals surface area contributed by atoms with Crippen molar-refractivity contribution in [2.24, 2.45) is 0 Å². The minimum absolute atomic E-state index is 0.102. The van der Waals surface area contributed by atoms with E-state index in [1.165, 1.54) is 0 Å². The molecule has 1 atom stereocenters. The molecule has 2 heterocycles. The van der Waals surface area contributed by atoms with Gasteiger partial charge in [-0.05, 0) is 30.3 Å². The van der Waals surface area contributed by atoms with Crippen LogP contribution >= 0.6 is 11.6 Å². The van der Waals surface area contributed by atoms with Gasteiger partial charge in [-0.25, -0.2) is 4.98 Å². The number of carbonyl (C=O) groups excluding carboxylic acids is 1. The Bertz CT molecular complexity index is 1060. The van der Waals surface area contributed by atoms with E-state index in [2.05, 4.69) is 10.3 Å². The van der Waals surface area contributed by atoms with E-state index in [1.54, 1.807) is 45.9 Å². The summed E-state index contributed by atoms with van der Waals surface area (Å²) in [6.07, 6.45) is 1.94. The van der Waals surface area contributed by atoms with Gasteiger partial charge in [-0.2, -0.15) is 0 Å². The number of amides is 1. The van der Waals surface area contributed by atoms with Crippen molar-refractivity contribution in [2.75, 3.05) is 26.6 Å². The number of ether oxygens (including phenoxy) is 3. The lowest BCUT2D eigenvalue weighted by molar-refractivity contribution is -0.116. The number of benzene rings is 2. The van der Waals surface area contributed by atoms with Gasteiger partial charge in [0.1, 0.15) is 17.9 Å². The molecule has 2 aromatic carbocycles. The Labute approximate surface area is 173 Å². The minimum atomic E-state index is -0.290. The number of aromatic nitrogens is 2. The molecule has 1 unspecified atom stereocenters. The molecule has 4 rings (SSSR count). The molecule has 150 valence electrons. The molecule has 1 aromatic heterocycles. The molecular weight excluding hydrogens is 394 g/mol. The molecule has 0 fully saturated rings. The summed E-state index contributed by atoms with van der Waals surface area (Å²) < 4.78 is 18.2. The number of rotatable bonds is 5. The summed E-state index contributed by atoms with van der Waals surface area (Å²) in [5, 5.41) is 3.58. The molecule has 3 aromatic rings. The Morgan fingerprint density at radius 2 is 1.69 bits per heavy atom. The van der Waals surface area contributed by atoms with Crippen molar-refractivity contribution < 1.29 is 19.0 Å². The maximum Gasteiger partial charge on any atom is 0.226 e. The number of carbonyl (C=O) groups is 1. The van der Waals surface area contributed by atoms with Crippen LogP contribution in [0.1, 0.15) is 23.6 Å². The van der Waals surface area contributed by atoms with Crippen molar-refractivity contribution in [1.29, 1.82) is 0 Å². The molecule has 1 aliphatic rings. The van der Waals surface area contributed by atoms with Gasteiger partial charge in [-0.1, -0.05) is 11.6 Å². The van der Waals surface area contributed by atoms with Crippen molar-refractivity contribution in [1.82, 2.24) is 9.55 Å². The summed E-state index contributed by atoms with van der Waals surface area (Å²) in [6, 6.07) is 10.9. The molecule has 0 aliphatic carbocycles. The third kappa shape index (κ3) is 3.38. The van der Waals surface area contributed by atoms with Gasteiger partial charge in [0.25, 0.3) is 0 Å². The van der Waals surface area contributed by atoms with Crippen LogP contribution in [0.2, 0.25) is 5.02 Å². The maximum atomic E-state index is 12.6. The van der Waals surface area contributed by atoms with Gasteiger partial charge in [0.15, 0.2) is 11.5 Å². The molecule has 0 spiro atoms. The van der Waals surface area contributed by atoms with Crippen LogP contribution in [0.15, 0.2) is 42.7 Å². The Hall–Kier alpha value is -3.19. The van der Waals surface area contributed by atoms with Crippen molar-refractivity contribution in [2.45, 2.75) is 12.3 Å². The number of halogens is 1. The van der Waals surface area contributed by atoms with Gasteiger partial charge in [0.2, 0.25) is 5.91 Å². The van der Waals surface area contributed by atoms with Crippen molar-refractivity contribution >= 4 is 23.3 Å². The lowest BCUT2D eigenvalue weighted by Crippen LogP contribution is -2.25. The second-order valence-corrected chi connectivity index (χ2v) is 7.02. The normalized spacial score (nSPS) is 15.4. The predicted molar refractivity (Wildman–Crippen MR) is 110 cm³/mol. The average molecular weight is 414 g/mol. The van der Waals surface area contributed by atoms with E-state index in [0.29, 0.717) is 28.1 Å². The molecule has 1 N–H and O–H groups in total. The summed E-state index contributed by atoms with van der Waals surface area (Å²) in [5.41, 5.74) is 2.41. The van der Waals surface area contributed by atoms with Crippen molar-refractivity contribution in [3.8, 4) is 22.9 Å². The molecule has 0 bridgehead atoms. The highest BCUT2D eigenvalue weighted by Crippen LogP contribution is 2.44. The monoisotopic (exact) mass is 413 g/mol. The first kappa shape index (κ1) is 19.1. The number of hydrogen-bond donors (Lipinski definition) is 1. The highest BCUT2D eigenvalue weighted by molar-refractivity contribution is 6.30. The topological polar surface area (TPSA) is 74.6 Å². The molecule has 1 amide bonds. The summed E-state index contributed by atoms with van der Waals surface area (Å²) in [6.45, 7) is 0. The molecule has 0 radical (unpaired) electrons. The number of hydrogen-bond acceptors (Lipinski definition) is 5. The molecule has 29 heavy (non-hydrogen) atoms. The van der Waals surface area contributed by atoms with Crippen LogP contribution < -0.4 is 19.5 Å². The number of fused-ring (bicyclic) bond motifs is 1. The molecule has 1 aliphatic heterocycles. The molecule has 0 saturated carbocycles. The van der Waals surface area contributed by atoms with E-state index >= 15 is 0 Å². The first-order chi connectivity index (χ1) is 14.0. The fourth-order valence-electron chi connectivity index (χ4n) is 3.59. The van der Waals surface area contributed by atoms with Crippen LogP contribution in [0.3, 0.4) is 0 Å². The second kappa shape index (κ2) is 7.67. The van der Waals surface area contributed by atoms with Gasteiger partial charge in [0.05, 0.1) is 27.0 Å². The van der Waals surface area contributed by atoms with Crippen LogP contribution in [0.25, 0.3) is 5.69 Å². The van der Waals surface area contributed by atoms with Gasteiger partial charge in [0, 0.05) is 34.7 Å². The highest BCUT2D eigenvalue weighted by Gasteiger charge is 2.33. The lowest BCUT2D eigenvalue weighted by Gasteiger charge is -2.25. The SMILES string of the molecule is COc1cc(OC)c(C2CC(=O)Nc3c2ncn3-c2ccc(Cl)cc2)cc1OC. The summed E-state index contributed by atoms with van der Waals surface area (Å²) in [4.78, 5) is 17.2. The van der Waals surface area contributed by atoms with Crippen molar-refractivity contribution in [3.05, 3.63) is 59.0 Å². The van der Waals surface area contributed by atoms with Crippen LogP contribution in [0, 0.1) is 0 Å². The van der Waals surface area contributed by atoms with E-state index in [4.69, 9.17) is 25.8 Å². The summed E-state index contributed by atoms with van der Waals surface area (Å²) >= 11 is 6.00. The predicted octanol–water partition coefficient (Wildman–Crippen LogP) is 4.03. The molecule has 7 nitrogen and oxygen atoms in total. The lowest BCUT2D eigenvalue weighted by atomic mass is 9.88. The van der Waals surface area contributed by atoms with Gasteiger partial charge >= 0.3 is 0 Å². The zero-order chi connectivity index (χ0) is 20.5. The van der Waals surface area contributed by atoms with Crippen LogP contribution in [0.5, 0.6) is 17.2 Å². The molecule has 8 heteroatoms. The zero-order valence-corrected chi connectivity index (χ0v) is 17.0. The van der Waals surface area contributed by atoms with E-state index in [9.17, 15) is 4.79 Å². The Balaban J connectivity index is 1.84. The van der Waals surface area contributed by atoms with Crippen LogP contribution in [-0.2, 0) is 4.79 Å². The van der Waals surface area contributed by atoms with Gasteiger partial charge in [-0.3, -0.25) is 9.36 Å². The number of methoxy groups -OCH3 is 3. The third-order valence-corrected chi connectivity index (χ3v) is 5.24. The van der Waals surface area contributed by atoms with Crippen LogP contribution in [0.4, 0.5) is 5.82 Å². The first-order valence-corrected chi connectivity index (χ1v) is 9.36. The largest absolute Gasteiger partial charge is 0.496 e. The standard InChI is InChI=1S/C21H20ClN3O4/c1-27-16-10-18(29-3)17(28-2)8-14(16)15-9-19(26)24-21-20(15)23-11-25(21)13-6-4-12(22)5-7-13/h4-8,10-11,15H,9H2,1-3H3,(H,24,26). The number of imidazole rings is 1. The third-order valence-electron chi connectivity index (χ3n) is 4.99. The molecule has 0 saturated heterocycles. The Morgan fingerprint density at radius 3 is 2.34 bits per heavy atom. The fourth-order valence-corrected chi connectivity index (χ4v) is 3.71. The Morgan fingerprint density at radius 1 is 1.03 bits per heavy atom. The van der Waals surface area contributed by atoms with E-state index < -0.39 is 0 Å². The van der Waals surface area contributed by atoms with E-state index in [-0.39, 0.29) is 18.2 Å². The van der Waals surface area contributed by atoms with Gasteiger partial charge in [-0.15, -0.1) is 0 Å². The Kier molecular flexibility index (Phi) is 5.07. The summed E-state index contributed by atoms with van der Waals surface area (Å²) in [7, 11) is 4.72. The minimum Gasteiger partial charge on any atom is -0.496 e. The zero-order valence-electron chi connectivity index (χ0n) is 16.2. The average Bonchev–Trinajstić information content (AvgIpc) is 3.16. The quantitative estimate of drug-likeness (QED) is 0.683.